The molecule has 59 heavy (non-hydrogen) atoms. The summed E-state index contributed by atoms with van der Waals surface area (Å²) in [6, 6.07) is 68.9. The van der Waals surface area contributed by atoms with Crippen LogP contribution in [0.5, 0.6) is 0 Å². The highest BCUT2D eigenvalue weighted by Crippen LogP contribution is 2.45. The minimum Gasteiger partial charge on any atom is -0.455 e. The lowest BCUT2D eigenvalue weighted by Crippen LogP contribution is -2.05. The SMILES string of the molecule is c1ccc(-c2ccc(-n3c4ccccc4c4ccc5c6c7oc8ccccc8c7ccc6n(-c6nc(-c7ccc8ccccc8c7)c7ccccc7n6)c5c43)cc2)cc1. The fraction of sp³-hybridized carbons (Fsp3) is 0. The zero-order valence-electron chi connectivity index (χ0n) is 31.7. The van der Waals surface area contributed by atoms with E-state index >= 15 is 0 Å². The van der Waals surface area contributed by atoms with Gasteiger partial charge >= 0.3 is 0 Å². The van der Waals surface area contributed by atoms with E-state index in [2.05, 4.69) is 197 Å². The van der Waals surface area contributed by atoms with Crippen molar-refractivity contribution in [3.05, 3.63) is 194 Å². The Morgan fingerprint density at radius 1 is 0.390 bits per heavy atom. The molecule has 0 saturated heterocycles. The predicted octanol–water partition coefficient (Wildman–Crippen LogP) is 14.2. The molecule has 0 bridgehead atoms. The van der Waals surface area contributed by atoms with E-state index in [1.165, 1.54) is 27.3 Å². The summed E-state index contributed by atoms with van der Waals surface area (Å²) in [4.78, 5) is 11.0. The molecule has 274 valence electrons. The van der Waals surface area contributed by atoms with Crippen molar-refractivity contribution in [2.45, 2.75) is 0 Å². The molecule has 0 radical (unpaired) electrons. The monoisotopic (exact) mass is 752 g/mol. The minimum atomic E-state index is 0.603. The van der Waals surface area contributed by atoms with Crippen LogP contribution in [0.25, 0.3) is 121 Å². The first-order chi connectivity index (χ1) is 29.3. The van der Waals surface area contributed by atoms with Gasteiger partial charge in [0, 0.05) is 43.6 Å². The van der Waals surface area contributed by atoms with E-state index in [-0.39, 0.29) is 0 Å². The van der Waals surface area contributed by atoms with Crippen LogP contribution in [0.4, 0.5) is 0 Å². The third kappa shape index (κ3) is 4.67. The molecule has 0 N–H and O–H groups in total. The number of furan rings is 1. The van der Waals surface area contributed by atoms with E-state index in [1.54, 1.807) is 0 Å². The van der Waals surface area contributed by atoms with Crippen molar-refractivity contribution < 1.29 is 4.42 Å². The van der Waals surface area contributed by atoms with E-state index in [9.17, 15) is 0 Å². The molecule has 5 nitrogen and oxygen atoms in total. The fourth-order valence-corrected chi connectivity index (χ4v) is 9.44. The second kappa shape index (κ2) is 12.2. The standard InChI is InChI=1S/C54H32N4O/c1-2-12-33(13-3-1)35-24-26-38(27-25-35)57-46-20-10-7-16-39(46)41-28-29-44-49-47(31-30-42-40-17-8-11-21-48(40)59-53(42)49)58(52(44)51(41)57)54-55-45-19-9-6-18-43(45)50(56-54)37-23-22-34-14-4-5-15-36(34)32-37/h1-32H. The Bertz CT molecular complexity index is 3830. The van der Waals surface area contributed by atoms with E-state index < -0.39 is 0 Å². The van der Waals surface area contributed by atoms with Crippen molar-refractivity contribution in [2.24, 2.45) is 0 Å². The molecule has 0 aliphatic rings. The molecule has 5 heteroatoms. The molecule has 0 fully saturated rings. The van der Waals surface area contributed by atoms with Gasteiger partial charge in [-0.3, -0.25) is 4.57 Å². The van der Waals surface area contributed by atoms with Gasteiger partial charge in [-0.15, -0.1) is 0 Å². The highest BCUT2D eigenvalue weighted by Gasteiger charge is 2.26. The number of hydrogen-bond donors (Lipinski definition) is 0. The summed E-state index contributed by atoms with van der Waals surface area (Å²) in [7, 11) is 0. The van der Waals surface area contributed by atoms with E-state index in [0.29, 0.717) is 5.95 Å². The largest absolute Gasteiger partial charge is 0.455 e. The van der Waals surface area contributed by atoms with E-state index in [0.717, 1.165) is 88.0 Å². The Morgan fingerprint density at radius 2 is 1.05 bits per heavy atom. The maximum Gasteiger partial charge on any atom is 0.235 e. The quantitative estimate of drug-likeness (QED) is 0.180. The fourth-order valence-electron chi connectivity index (χ4n) is 9.44. The summed E-state index contributed by atoms with van der Waals surface area (Å²) >= 11 is 0. The molecule has 0 aliphatic carbocycles. The Labute approximate surface area is 337 Å². The summed E-state index contributed by atoms with van der Waals surface area (Å²) in [5, 5.41) is 9.99. The number of rotatable bonds is 4. The first kappa shape index (κ1) is 32.1. The number of fused-ring (bicyclic) bond motifs is 13. The Kier molecular flexibility index (Phi) is 6.66. The van der Waals surface area contributed by atoms with Crippen molar-refractivity contribution >= 4 is 87.2 Å². The molecule has 0 unspecified atom stereocenters. The van der Waals surface area contributed by atoms with Crippen LogP contribution in [0.15, 0.2) is 199 Å². The van der Waals surface area contributed by atoms with Crippen molar-refractivity contribution in [3.8, 4) is 34.0 Å². The summed E-state index contributed by atoms with van der Waals surface area (Å²) < 4.78 is 11.5. The van der Waals surface area contributed by atoms with Gasteiger partial charge in [-0.05, 0) is 70.4 Å². The maximum absolute atomic E-state index is 6.81. The Balaban J connectivity index is 1.19. The van der Waals surface area contributed by atoms with Gasteiger partial charge in [-0.1, -0.05) is 146 Å². The van der Waals surface area contributed by atoms with Crippen molar-refractivity contribution in [1.29, 1.82) is 0 Å². The first-order valence-corrected chi connectivity index (χ1v) is 20.0. The second-order valence-electron chi connectivity index (χ2n) is 15.3. The Hall–Kier alpha value is -8.02. The van der Waals surface area contributed by atoms with Crippen LogP contribution < -0.4 is 0 Å². The minimum absolute atomic E-state index is 0.603. The highest BCUT2D eigenvalue weighted by molar-refractivity contribution is 6.29. The van der Waals surface area contributed by atoms with Gasteiger partial charge in [0.15, 0.2) is 0 Å². The summed E-state index contributed by atoms with van der Waals surface area (Å²) in [5.74, 6) is 0.603. The molecular formula is C54H32N4O. The summed E-state index contributed by atoms with van der Waals surface area (Å²) in [6.45, 7) is 0. The topological polar surface area (TPSA) is 48.8 Å². The molecule has 0 aliphatic heterocycles. The molecule has 4 heterocycles. The smallest absolute Gasteiger partial charge is 0.235 e. The predicted molar refractivity (Wildman–Crippen MR) is 244 cm³/mol. The number of para-hydroxylation sites is 3. The van der Waals surface area contributed by atoms with Gasteiger partial charge in [0.2, 0.25) is 5.95 Å². The molecule has 4 aromatic heterocycles. The Morgan fingerprint density at radius 3 is 1.93 bits per heavy atom. The van der Waals surface area contributed by atoms with Crippen molar-refractivity contribution in [2.75, 3.05) is 0 Å². The third-order valence-corrected chi connectivity index (χ3v) is 12.1. The average Bonchev–Trinajstić information content (AvgIpc) is 3.97. The lowest BCUT2D eigenvalue weighted by Gasteiger charge is -2.14. The highest BCUT2D eigenvalue weighted by atomic mass is 16.3. The normalized spacial score (nSPS) is 12.1. The summed E-state index contributed by atoms with van der Waals surface area (Å²) in [6.07, 6.45) is 0. The molecule has 13 aromatic rings. The van der Waals surface area contributed by atoms with Gasteiger partial charge < -0.3 is 8.98 Å². The number of hydrogen-bond acceptors (Lipinski definition) is 3. The van der Waals surface area contributed by atoms with Gasteiger partial charge in [0.1, 0.15) is 11.2 Å². The van der Waals surface area contributed by atoms with E-state index in [1.807, 2.05) is 6.07 Å². The molecule has 0 spiro atoms. The number of nitrogens with zero attached hydrogens (tertiary/aromatic N) is 4. The lowest BCUT2D eigenvalue weighted by atomic mass is 10.0. The third-order valence-electron chi connectivity index (χ3n) is 12.1. The maximum atomic E-state index is 6.81. The van der Waals surface area contributed by atoms with Crippen LogP contribution in [0.1, 0.15) is 0 Å². The number of benzene rings is 9. The molecule has 13 rings (SSSR count). The van der Waals surface area contributed by atoms with Gasteiger partial charge in [-0.2, -0.15) is 0 Å². The van der Waals surface area contributed by atoms with Crippen LogP contribution in [0.2, 0.25) is 0 Å². The molecule has 0 saturated carbocycles. The zero-order chi connectivity index (χ0) is 38.6. The summed E-state index contributed by atoms with van der Waals surface area (Å²) in [5.41, 5.74) is 12.2. The van der Waals surface area contributed by atoms with Crippen LogP contribution in [-0.2, 0) is 0 Å². The van der Waals surface area contributed by atoms with Gasteiger partial charge in [0.05, 0.1) is 38.7 Å². The lowest BCUT2D eigenvalue weighted by molar-refractivity contribution is 0.673. The number of aromatic nitrogens is 4. The second-order valence-corrected chi connectivity index (χ2v) is 15.3. The molecular weight excluding hydrogens is 721 g/mol. The van der Waals surface area contributed by atoms with Gasteiger partial charge in [-0.25, -0.2) is 9.97 Å². The first-order valence-electron chi connectivity index (χ1n) is 20.0. The van der Waals surface area contributed by atoms with Crippen molar-refractivity contribution in [1.82, 2.24) is 19.1 Å². The van der Waals surface area contributed by atoms with Crippen molar-refractivity contribution in [3.63, 3.8) is 0 Å². The van der Waals surface area contributed by atoms with Crippen LogP contribution >= 0.6 is 0 Å². The van der Waals surface area contributed by atoms with Gasteiger partial charge in [0.25, 0.3) is 0 Å². The van der Waals surface area contributed by atoms with Crippen LogP contribution in [0.3, 0.4) is 0 Å². The molecule has 9 aromatic carbocycles. The zero-order valence-corrected chi connectivity index (χ0v) is 31.7. The molecule has 0 atom stereocenters. The average molecular weight is 753 g/mol. The molecule has 0 amide bonds. The van der Waals surface area contributed by atoms with Crippen LogP contribution in [-0.4, -0.2) is 19.1 Å². The van der Waals surface area contributed by atoms with Crippen LogP contribution in [0, 0.1) is 0 Å². The van der Waals surface area contributed by atoms with E-state index in [4.69, 9.17) is 14.4 Å².